The van der Waals surface area contributed by atoms with E-state index >= 15 is 0 Å². The van der Waals surface area contributed by atoms with Crippen LogP contribution in [-0.4, -0.2) is 48.1 Å². The van der Waals surface area contributed by atoms with Gasteiger partial charge in [0, 0.05) is 0 Å². The van der Waals surface area contributed by atoms with Crippen molar-refractivity contribution in [1.29, 1.82) is 0 Å². The summed E-state index contributed by atoms with van der Waals surface area (Å²) in [6.45, 7) is 17.1. The highest BCUT2D eigenvalue weighted by Crippen LogP contribution is 2.20. The molecule has 0 aliphatic rings. The molecule has 0 unspecified atom stereocenters. The molecule has 0 fully saturated rings. The molecule has 14 heavy (non-hydrogen) atoms. The number of rotatable bonds is 4. The fourth-order valence-corrected chi connectivity index (χ4v) is 15.1. The van der Waals surface area contributed by atoms with Crippen molar-refractivity contribution in [2.75, 3.05) is 14.1 Å². The lowest BCUT2D eigenvalue weighted by molar-refractivity contribution is 0.631. The summed E-state index contributed by atoms with van der Waals surface area (Å²) >= 11 is 0. The maximum atomic E-state index is 2.73. The highest BCUT2D eigenvalue weighted by molar-refractivity contribution is 6.92. The molecule has 0 saturated carbocycles. The first kappa shape index (κ1) is 14.6. The molecule has 2 nitrogen and oxygen atoms in total. The molecular weight excluding hydrogens is 220 g/mol. The van der Waals surface area contributed by atoms with Crippen LogP contribution in [0.4, 0.5) is 0 Å². The molecule has 0 aromatic heterocycles. The number of nitrogens with zero attached hydrogens (tertiary/aromatic N) is 2. The summed E-state index contributed by atoms with van der Waals surface area (Å²) in [5.41, 5.74) is 0. The van der Waals surface area contributed by atoms with E-state index in [2.05, 4.69) is 68.4 Å². The molecule has 0 atom stereocenters. The van der Waals surface area contributed by atoms with Crippen molar-refractivity contribution < 1.29 is 0 Å². The molecule has 0 heterocycles. The highest BCUT2D eigenvalue weighted by Gasteiger charge is 2.39. The van der Waals surface area contributed by atoms with Gasteiger partial charge >= 0.3 is 0 Å². The first-order valence-electron chi connectivity index (χ1n) is 5.48. The van der Waals surface area contributed by atoms with E-state index in [1.807, 2.05) is 0 Å². The highest BCUT2D eigenvalue weighted by atomic mass is 28.4. The van der Waals surface area contributed by atoms with Gasteiger partial charge in [0.15, 0.2) is 8.40 Å². The van der Waals surface area contributed by atoms with Gasteiger partial charge < -0.3 is 8.46 Å². The lowest BCUT2D eigenvalue weighted by Gasteiger charge is -2.48. The second-order valence-electron chi connectivity index (χ2n) is 5.93. The Morgan fingerprint density at radius 2 is 1.21 bits per heavy atom. The van der Waals surface area contributed by atoms with Gasteiger partial charge in [-0.2, -0.15) is 0 Å². The molecule has 0 amide bonds. The summed E-state index contributed by atoms with van der Waals surface area (Å²) in [7, 11) is 1.58. The molecule has 0 aliphatic heterocycles. The Morgan fingerprint density at radius 3 is 1.43 bits per heavy atom. The van der Waals surface area contributed by atoms with Crippen LogP contribution in [0.1, 0.15) is 0 Å². The van der Waals surface area contributed by atoms with Crippen LogP contribution in [-0.2, 0) is 0 Å². The van der Waals surface area contributed by atoms with Crippen LogP contribution >= 0.6 is 0 Å². The maximum Gasteiger partial charge on any atom is 0.186 e. The van der Waals surface area contributed by atoms with Gasteiger partial charge in [0.25, 0.3) is 0 Å². The van der Waals surface area contributed by atoms with Crippen LogP contribution < -0.4 is 0 Å². The smallest absolute Gasteiger partial charge is 0.186 e. The number of hydrogen-bond donors (Lipinski definition) is 0. The Bertz CT molecular complexity index is 187. The van der Waals surface area contributed by atoms with E-state index in [1.54, 1.807) is 0 Å². The molecule has 0 aliphatic carbocycles. The van der Waals surface area contributed by atoms with Gasteiger partial charge in [0.1, 0.15) is 8.24 Å². The molecule has 86 valence electrons. The standard InChI is InChI=1S/C9H28N2Si3/c1-10(12(3)4)14(8,9)11(2)13(5,6)7/h12H,1-9H3. The SMILES string of the molecule is CN([SiH](C)C)[Si](C)(C)N(C)[Si](C)(C)C. The molecule has 0 rings (SSSR count). The van der Waals surface area contributed by atoms with E-state index in [4.69, 9.17) is 0 Å². The van der Waals surface area contributed by atoms with Crippen molar-refractivity contribution in [3.05, 3.63) is 0 Å². The monoisotopic (exact) mass is 248 g/mol. The van der Waals surface area contributed by atoms with E-state index in [0.717, 1.165) is 0 Å². The van der Waals surface area contributed by atoms with E-state index in [0.29, 0.717) is 0 Å². The summed E-state index contributed by atoms with van der Waals surface area (Å²) in [6, 6.07) is 0. The third-order valence-corrected chi connectivity index (χ3v) is 17.5. The van der Waals surface area contributed by atoms with Crippen LogP contribution in [0.15, 0.2) is 0 Å². The van der Waals surface area contributed by atoms with Crippen LogP contribution in [0.5, 0.6) is 0 Å². The Hall–Kier alpha value is 0.571. The van der Waals surface area contributed by atoms with Crippen molar-refractivity contribution >= 4 is 25.6 Å². The van der Waals surface area contributed by atoms with Gasteiger partial charge in [-0.1, -0.05) is 32.7 Å². The summed E-state index contributed by atoms with van der Waals surface area (Å²) in [5, 5.41) is 0. The van der Waals surface area contributed by atoms with Crippen molar-refractivity contribution in [3.63, 3.8) is 0 Å². The zero-order valence-electron chi connectivity index (χ0n) is 11.5. The predicted octanol–water partition coefficient (Wildman–Crippen LogP) is 2.37. The zero-order chi connectivity index (χ0) is 11.7. The molecule has 0 radical (unpaired) electrons. The third kappa shape index (κ3) is 3.30. The average molecular weight is 249 g/mol. The molecule has 5 heteroatoms. The van der Waals surface area contributed by atoms with Crippen LogP contribution in [0.2, 0.25) is 45.8 Å². The molecule has 0 N–H and O–H groups in total. The van der Waals surface area contributed by atoms with Crippen LogP contribution in [0.25, 0.3) is 0 Å². The fraction of sp³-hybridized carbons (Fsp3) is 1.00. The molecule has 0 spiro atoms. The van der Waals surface area contributed by atoms with Gasteiger partial charge in [-0.05, 0) is 27.2 Å². The fourth-order valence-electron chi connectivity index (χ4n) is 1.69. The molecular formula is C9H28N2Si3. The second kappa shape index (κ2) is 4.61. The predicted molar refractivity (Wildman–Crippen MR) is 75.2 cm³/mol. The van der Waals surface area contributed by atoms with Gasteiger partial charge in [0.05, 0.1) is 8.96 Å². The van der Waals surface area contributed by atoms with E-state index in [-0.39, 0.29) is 0 Å². The quantitative estimate of drug-likeness (QED) is 0.705. The van der Waals surface area contributed by atoms with Crippen LogP contribution in [0.3, 0.4) is 0 Å². The van der Waals surface area contributed by atoms with E-state index < -0.39 is 25.6 Å². The average Bonchev–Trinajstić information content (AvgIpc) is 1.99. The summed E-state index contributed by atoms with van der Waals surface area (Å²) < 4.78 is 5.44. The normalized spacial score (nSPS) is 14.6. The minimum Gasteiger partial charge on any atom is -0.339 e. The molecule has 0 bridgehead atoms. The minimum absolute atomic E-state index is 0.642. The van der Waals surface area contributed by atoms with Crippen molar-refractivity contribution in [2.45, 2.75) is 45.8 Å². The largest absolute Gasteiger partial charge is 0.339 e. The van der Waals surface area contributed by atoms with Gasteiger partial charge in [-0.25, -0.2) is 0 Å². The number of hydrogen-bond acceptors (Lipinski definition) is 2. The minimum atomic E-state index is -1.32. The van der Waals surface area contributed by atoms with Gasteiger partial charge in [-0.3, -0.25) is 0 Å². The van der Waals surface area contributed by atoms with Gasteiger partial charge in [-0.15, -0.1) is 0 Å². The summed E-state index contributed by atoms with van der Waals surface area (Å²) in [5.74, 6) is 0. The molecule has 0 aromatic carbocycles. The van der Waals surface area contributed by atoms with E-state index in [1.165, 1.54) is 0 Å². The first-order chi connectivity index (χ1) is 6.01. The molecule has 0 aromatic rings. The Labute approximate surface area is 94.2 Å². The van der Waals surface area contributed by atoms with E-state index in [9.17, 15) is 0 Å². The maximum absolute atomic E-state index is 2.73. The Kier molecular flexibility index (Phi) is 4.80. The van der Waals surface area contributed by atoms with Crippen molar-refractivity contribution in [3.8, 4) is 0 Å². The Morgan fingerprint density at radius 1 is 0.857 bits per heavy atom. The third-order valence-electron chi connectivity index (χ3n) is 3.46. The summed E-state index contributed by atoms with van der Waals surface area (Å²) in [6.07, 6.45) is 0. The lowest BCUT2D eigenvalue weighted by Crippen LogP contribution is -2.68. The first-order valence-corrected chi connectivity index (χ1v) is 14.6. The van der Waals surface area contributed by atoms with Gasteiger partial charge in [0.2, 0.25) is 0 Å². The topological polar surface area (TPSA) is 6.48 Å². The van der Waals surface area contributed by atoms with Crippen molar-refractivity contribution in [2.24, 2.45) is 0 Å². The zero-order valence-corrected chi connectivity index (χ0v) is 14.6. The summed E-state index contributed by atoms with van der Waals surface area (Å²) in [4.78, 5) is 0. The second-order valence-corrected chi connectivity index (χ2v) is 19.2. The lowest BCUT2D eigenvalue weighted by atomic mass is 11.6. The van der Waals surface area contributed by atoms with Crippen molar-refractivity contribution in [1.82, 2.24) is 8.46 Å². The molecule has 0 saturated heterocycles. The Balaban J connectivity index is 4.77. The van der Waals surface area contributed by atoms with Crippen LogP contribution in [0, 0.1) is 0 Å².